The van der Waals surface area contributed by atoms with Crippen molar-refractivity contribution < 1.29 is 28.8 Å². The molecule has 6 fully saturated rings. The van der Waals surface area contributed by atoms with Gasteiger partial charge in [0.1, 0.15) is 0 Å². The molecule has 0 N–H and O–H groups in total. The van der Waals surface area contributed by atoms with Gasteiger partial charge in [0.2, 0.25) is 12.1 Å². The molecule has 5 aliphatic heterocycles. The monoisotopic (exact) mass is 500 g/mol. The molecule has 1 spiro atoms. The van der Waals surface area contributed by atoms with E-state index in [1.807, 2.05) is 13.0 Å². The molecule has 8 heteroatoms. The largest absolute Gasteiger partial charge is 0.435 e. The number of fused-ring (bicyclic) bond motifs is 2. The average molecular weight is 501 g/mol. The Kier molecular flexibility index (Phi) is 6.53. The minimum absolute atomic E-state index is 0.00396. The minimum atomic E-state index is -0.825. The summed E-state index contributed by atoms with van der Waals surface area (Å²) in [6.45, 7) is 10.8. The zero-order valence-corrected chi connectivity index (χ0v) is 21.8. The van der Waals surface area contributed by atoms with Crippen molar-refractivity contribution in [3.05, 3.63) is 30.3 Å². The third-order valence-electron chi connectivity index (χ3n) is 9.47. The molecule has 6 aliphatic rings. The second kappa shape index (κ2) is 9.55. The van der Waals surface area contributed by atoms with Gasteiger partial charge in [0.25, 0.3) is 0 Å². The van der Waals surface area contributed by atoms with Crippen LogP contribution in [0.15, 0.2) is 30.3 Å². The summed E-state index contributed by atoms with van der Waals surface area (Å²) >= 11 is 0. The minimum Gasteiger partial charge on any atom is -0.435 e. The van der Waals surface area contributed by atoms with E-state index in [2.05, 4.69) is 47.9 Å². The number of nitrogens with zero attached hydrogens (tertiary/aromatic N) is 2. The van der Waals surface area contributed by atoms with Gasteiger partial charge < -0.3 is 19.1 Å². The second-order valence-corrected chi connectivity index (χ2v) is 11.7. The van der Waals surface area contributed by atoms with Crippen LogP contribution in [-0.2, 0) is 28.8 Å². The van der Waals surface area contributed by atoms with Crippen molar-refractivity contribution >= 4 is 11.7 Å². The van der Waals surface area contributed by atoms with Crippen LogP contribution in [0.2, 0.25) is 0 Å². The van der Waals surface area contributed by atoms with Gasteiger partial charge >= 0.3 is 5.97 Å². The molecule has 1 aliphatic carbocycles. The first-order valence-electron chi connectivity index (χ1n) is 13.8. The van der Waals surface area contributed by atoms with Crippen molar-refractivity contribution in [3.63, 3.8) is 0 Å². The van der Waals surface area contributed by atoms with E-state index >= 15 is 0 Å². The molecule has 1 saturated carbocycles. The third-order valence-corrected chi connectivity index (χ3v) is 9.47. The van der Waals surface area contributed by atoms with Gasteiger partial charge in [-0.2, -0.15) is 0 Å². The van der Waals surface area contributed by atoms with Gasteiger partial charge in [-0.1, -0.05) is 32.0 Å². The van der Waals surface area contributed by atoms with Crippen LogP contribution in [0.1, 0.15) is 52.9 Å². The number of hydrogen-bond donors (Lipinski definition) is 0. The molecule has 2 bridgehead atoms. The van der Waals surface area contributed by atoms with Crippen LogP contribution >= 0.6 is 0 Å². The fraction of sp³-hybridized carbons (Fsp3) is 0.750. The molecule has 8 nitrogen and oxygen atoms in total. The van der Waals surface area contributed by atoms with Gasteiger partial charge in [-0.25, -0.2) is 9.78 Å². The van der Waals surface area contributed by atoms with Crippen molar-refractivity contribution in [2.24, 2.45) is 23.7 Å². The Morgan fingerprint density at radius 2 is 1.81 bits per heavy atom. The molecule has 0 unspecified atom stereocenters. The summed E-state index contributed by atoms with van der Waals surface area (Å²) in [5, 5.41) is 0. The van der Waals surface area contributed by atoms with Gasteiger partial charge in [-0.3, -0.25) is 9.69 Å². The summed E-state index contributed by atoms with van der Waals surface area (Å²) in [6, 6.07) is 10.5. The molecule has 7 rings (SSSR count). The van der Waals surface area contributed by atoms with Crippen molar-refractivity contribution in [2.45, 2.75) is 76.8 Å². The van der Waals surface area contributed by atoms with Crippen LogP contribution in [0.25, 0.3) is 0 Å². The number of anilines is 1. The van der Waals surface area contributed by atoms with Crippen molar-refractivity contribution in [2.75, 3.05) is 37.6 Å². The number of hydrogen-bond acceptors (Lipinski definition) is 8. The Morgan fingerprint density at radius 1 is 1.03 bits per heavy atom. The molecule has 5 saturated heterocycles. The fourth-order valence-corrected chi connectivity index (χ4v) is 7.31. The Morgan fingerprint density at radius 3 is 2.58 bits per heavy atom. The summed E-state index contributed by atoms with van der Waals surface area (Å²) in [4.78, 5) is 29.7. The number of piperazine rings is 1. The lowest BCUT2D eigenvalue weighted by Gasteiger charge is -2.59. The molecule has 0 amide bonds. The first kappa shape index (κ1) is 24.6. The molecule has 8 atom stereocenters. The number of carbonyl (C=O) groups is 1. The summed E-state index contributed by atoms with van der Waals surface area (Å²) in [5.41, 5.74) is 0.629. The van der Waals surface area contributed by atoms with Crippen LogP contribution in [0.4, 0.5) is 5.69 Å². The first-order valence-corrected chi connectivity index (χ1v) is 13.8. The summed E-state index contributed by atoms with van der Waals surface area (Å²) in [6.07, 6.45) is 3.02. The highest BCUT2D eigenvalue weighted by Crippen LogP contribution is 2.60. The van der Waals surface area contributed by atoms with Crippen LogP contribution in [-0.4, -0.2) is 67.6 Å². The maximum absolute atomic E-state index is 12.9. The molecular weight excluding hydrogens is 460 g/mol. The molecule has 0 aromatic heterocycles. The standard InChI is InChI=1S/C28H40N2O6/c1-19-9-10-23-20(2)25(33-26-28(23)22(19)11-13-27(3,34-26)35-36-28)32-24(31)12-14-29-15-17-30(18-16-29)21-7-5-4-6-8-21/h4-8,19-20,22-23,25-26H,9-18H2,1-3H3/t19-,20-,22+,23+,25-,26-,27-,28-/m1/s1. The van der Waals surface area contributed by atoms with E-state index in [-0.39, 0.29) is 17.8 Å². The van der Waals surface area contributed by atoms with Crippen molar-refractivity contribution in [1.29, 1.82) is 0 Å². The molecule has 1 aromatic carbocycles. The molecule has 5 heterocycles. The Bertz CT molecular complexity index is 939. The second-order valence-electron chi connectivity index (χ2n) is 11.7. The van der Waals surface area contributed by atoms with E-state index in [0.717, 1.165) is 51.9 Å². The highest BCUT2D eigenvalue weighted by atomic mass is 17.3. The van der Waals surface area contributed by atoms with Crippen LogP contribution in [0.3, 0.4) is 0 Å². The predicted molar refractivity (Wildman–Crippen MR) is 133 cm³/mol. The van der Waals surface area contributed by atoms with Gasteiger partial charge in [0.15, 0.2) is 11.9 Å². The lowest BCUT2D eigenvalue weighted by atomic mass is 9.58. The van der Waals surface area contributed by atoms with E-state index < -0.39 is 24.0 Å². The van der Waals surface area contributed by atoms with E-state index in [1.54, 1.807) is 0 Å². The van der Waals surface area contributed by atoms with Crippen LogP contribution < -0.4 is 4.90 Å². The highest BCUT2D eigenvalue weighted by molar-refractivity contribution is 5.69. The first-order chi connectivity index (χ1) is 17.4. The molecule has 0 radical (unpaired) electrons. The summed E-state index contributed by atoms with van der Waals surface area (Å²) < 4.78 is 18.7. The Balaban J connectivity index is 1.06. The zero-order chi connectivity index (χ0) is 24.9. The molecule has 1 aromatic rings. The van der Waals surface area contributed by atoms with Gasteiger partial charge in [0.05, 0.1) is 6.42 Å². The quantitative estimate of drug-likeness (QED) is 0.445. The zero-order valence-electron chi connectivity index (χ0n) is 21.8. The van der Waals surface area contributed by atoms with Gasteiger partial charge in [-0.15, -0.1) is 0 Å². The average Bonchev–Trinajstić information content (AvgIpc) is 3.12. The van der Waals surface area contributed by atoms with E-state index in [4.69, 9.17) is 24.0 Å². The number of para-hydroxylation sites is 1. The summed E-state index contributed by atoms with van der Waals surface area (Å²) in [5.74, 6) is -0.0635. The highest BCUT2D eigenvalue weighted by Gasteiger charge is 2.69. The number of ether oxygens (including phenoxy) is 3. The maximum atomic E-state index is 12.9. The third kappa shape index (κ3) is 4.25. The molecule has 36 heavy (non-hydrogen) atoms. The van der Waals surface area contributed by atoms with Crippen molar-refractivity contribution in [3.8, 4) is 0 Å². The SMILES string of the molecule is C[C@H]1[C@H](OC(=O)CCN2CCN(c3ccccc3)CC2)O[C@@H]2O[C@@]3(C)CC[C@H]4[C@H](C)CC[C@@H]1[C@@]24OO3. The topological polar surface area (TPSA) is 69.7 Å². The fourth-order valence-electron chi connectivity index (χ4n) is 7.31. The number of carbonyl (C=O) groups excluding carboxylic acids is 1. The van der Waals surface area contributed by atoms with Crippen molar-refractivity contribution in [1.82, 2.24) is 4.90 Å². The van der Waals surface area contributed by atoms with E-state index in [0.29, 0.717) is 24.8 Å². The maximum Gasteiger partial charge on any atom is 0.309 e. The van der Waals surface area contributed by atoms with Crippen LogP contribution in [0, 0.1) is 23.7 Å². The van der Waals surface area contributed by atoms with Gasteiger partial charge in [0, 0.05) is 56.7 Å². The number of esters is 1. The lowest BCUT2D eigenvalue weighted by molar-refractivity contribution is -0.576. The Labute approximate surface area is 214 Å². The predicted octanol–water partition coefficient (Wildman–Crippen LogP) is 3.95. The normalized spacial score (nSPS) is 42.5. The number of rotatable bonds is 5. The van der Waals surface area contributed by atoms with Crippen LogP contribution in [0.5, 0.6) is 0 Å². The van der Waals surface area contributed by atoms with E-state index in [9.17, 15) is 4.79 Å². The smallest absolute Gasteiger partial charge is 0.309 e. The summed E-state index contributed by atoms with van der Waals surface area (Å²) in [7, 11) is 0. The van der Waals surface area contributed by atoms with E-state index in [1.165, 1.54) is 5.69 Å². The molecular formula is C28H40N2O6. The Hall–Kier alpha value is -1.71. The molecule has 198 valence electrons. The van der Waals surface area contributed by atoms with Gasteiger partial charge in [-0.05, 0) is 50.2 Å². The number of benzene rings is 1. The lowest BCUT2D eigenvalue weighted by Crippen LogP contribution is -2.70.